The molecule has 0 radical (unpaired) electrons. The second kappa shape index (κ2) is 9.62. The van der Waals surface area contributed by atoms with E-state index in [1.54, 1.807) is 0 Å². The number of amides is 1. The Balaban J connectivity index is 2.04. The number of alkyl halides is 3. The first-order valence-electron chi connectivity index (χ1n) is 8.25. The average Bonchev–Trinajstić information content (AvgIpc) is 3.08. The molecule has 0 bridgehead atoms. The third kappa shape index (κ3) is 6.77. The molecule has 1 aliphatic rings. The minimum absolute atomic E-state index is 0.0163. The summed E-state index contributed by atoms with van der Waals surface area (Å²) in [6.45, 7) is 0.852. The standard InChI is InChI=1S/C16H21F4N5O2/c1-27-8-2-7-21-15(22-13-9-12(24-25-13)16(18,19)20)23-14(26)10-3-5-11(17)6-4-10/h3-6,12-13,24-25H,2,7-9H2,1H3,(H2,21,22,23,26). The van der Waals surface area contributed by atoms with Crippen molar-refractivity contribution < 1.29 is 27.1 Å². The van der Waals surface area contributed by atoms with Gasteiger partial charge in [0.05, 0.1) is 6.17 Å². The molecule has 2 unspecified atom stereocenters. The molecule has 1 fully saturated rings. The molecule has 1 saturated heterocycles. The Morgan fingerprint density at radius 2 is 2.00 bits per heavy atom. The molecule has 1 aliphatic heterocycles. The molecule has 1 aromatic carbocycles. The number of hydrogen-bond acceptors (Lipinski definition) is 4. The maximum atomic E-state index is 13.0. The van der Waals surface area contributed by atoms with Crippen molar-refractivity contribution in [2.45, 2.75) is 31.2 Å². The number of aliphatic imine (C=N–C) groups is 1. The lowest BCUT2D eigenvalue weighted by Crippen LogP contribution is -2.50. The second-order valence-electron chi connectivity index (χ2n) is 5.86. The lowest BCUT2D eigenvalue weighted by molar-refractivity contribution is -0.153. The zero-order chi connectivity index (χ0) is 19.9. The summed E-state index contributed by atoms with van der Waals surface area (Å²) in [6, 6.07) is 3.09. The first kappa shape index (κ1) is 21.1. The molecule has 0 saturated carbocycles. The van der Waals surface area contributed by atoms with E-state index < -0.39 is 30.1 Å². The van der Waals surface area contributed by atoms with Crippen LogP contribution in [-0.2, 0) is 4.74 Å². The van der Waals surface area contributed by atoms with Gasteiger partial charge >= 0.3 is 6.18 Å². The topological polar surface area (TPSA) is 86.8 Å². The van der Waals surface area contributed by atoms with Gasteiger partial charge in [-0.05, 0) is 30.7 Å². The fourth-order valence-electron chi connectivity index (χ4n) is 2.33. The largest absolute Gasteiger partial charge is 0.405 e. The Morgan fingerprint density at radius 3 is 2.59 bits per heavy atom. The zero-order valence-electron chi connectivity index (χ0n) is 14.6. The number of carbonyl (C=O) groups excluding carboxylic acids is 1. The van der Waals surface area contributed by atoms with Crippen LogP contribution in [0, 0.1) is 5.82 Å². The summed E-state index contributed by atoms with van der Waals surface area (Å²) < 4.78 is 56.1. The molecule has 1 heterocycles. The SMILES string of the molecule is COCCCN/C(=N/C(=O)c1ccc(F)cc1)NC1CC(C(F)(F)F)NN1. The Labute approximate surface area is 153 Å². The molecule has 1 aromatic rings. The molecule has 0 aromatic heterocycles. The number of hydrogen-bond donors (Lipinski definition) is 4. The van der Waals surface area contributed by atoms with Crippen molar-refractivity contribution in [3.63, 3.8) is 0 Å². The number of methoxy groups -OCH3 is 1. The third-order valence-corrected chi connectivity index (χ3v) is 3.73. The monoisotopic (exact) mass is 391 g/mol. The lowest BCUT2D eigenvalue weighted by atomic mass is 10.2. The maximum absolute atomic E-state index is 13.0. The van der Waals surface area contributed by atoms with Gasteiger partial charge in [-0.3, -0.25) is 4.79 Å². The van der Waals surface area contributed by atoms with E-state index in [0.717, 1.165) is 12.1 Å². The third-order valence-electron chi connectivity index (χ3n) is 3.73. The first-order valence-corrected chi connectivity index (χ1v) is 8.25. The number of ether oxygens (including phenoxy) is 1. The first-order chi connectivity index (χ1) is 12.8. The van der Waals surface area contributed by atoms with Crippen molar-refractivity contribution in [3.05, 3.63) is 35.6 Å². The summed E-state index contributed by atoms with van der Waals surface area (Å²) in [5, 5.41) is 5.60. The highest BCUT2D eigenvalue weighted by atomic mass is 19.4. The van der Waals surface area contributed by atoms with Crippen LogP contribution in [-0.4, -0.2) is 50.5 Å². The number of nitrogens with zero attached hydrogens (tertiary/aromatic N) is 1. The highest BCUT2D eigenvalue weighted by Gasteiger charge is 2.44. The smallest absolute Gasteiger partial charge is 0.385 e. The summed E-state index contributed by atoms with van der Waals surface area (Å²) in [5.41, 5.74) is 4.78. The van der Waals surface area contributed by atoms with Gasteiger partial charge in [-0.25, -0.2) is 15.2 Å². The van der Waals surface area contributed by atoms with E-state index in [0.29, 0.717) is 19.6 Å². The summed E-state index contributed by atoms with van der Waals surface area (Å²) in [5.74, 6) is -1.14. The predicted molar refractivity (Wildman–Crippen MR) is 90.3 cm³/mol. The Morgan fingerprint density at radius 1 is 1.30 bits per heavy atom. The van der Waals surface area contributed by atoms with Crippen LogP contribution in [0.25, 0.3) is 0 Å². The van der Waals surface area contributed by atoms with Gasteiger partial charge in [0.2, 0.25) is 5.96 Å². The van der Waals surface area contributed by atoms with Gasteiger partial charge < -0.3 is 15.4 Å². The Bertz CT molecular complexity index is 651. The maximum Gasteiger partial charge on any atom is 0.405 e. The molecule has 150 valence electrons. The molecule has 0 spiro atoms. The van der Waals surface area contributed by atoms with Crippen molar-refractivity contribution in [1.29, 1.82) is 0 Å². The number of guanidine groups is 1. The molecule has 1 amide bonds. The molecule has 27 heavy (non-hydrogen) atoms. The molecule has 4 N–H and O–H groups in total. The van der Waals surface area contributed by atoms with Gasteiger partial charge in [0.1, 0.15) is 11.9 Å². The molecule has 2 atom stereocenters. The number of benzene rings is 1. The van der Waals surface area contributed by atoms with Crippen molar-refractivity contribution in [3.8, 4) is 0 Å². The van der Waals surface area contributed by atoms with E-state index in [-0.39, 0.29) is 17.9 Å². The van der Waals surface area contributed by atoms with Crippen LogP contribution in [0.5, 0.6) is 0 Å². The van der Waals surface area contributed by atoms with Crippen molar-refractivity contribution in [2.24, 2.45) is 4.99 Å². The van der Waals surface area contributed by atoms with Crippen LogP contribution in [0.15, 0.2) is 29.3 Å². The predicted octanol–water partition coefficient (Wildman–Crippen LogP) is 1.29. The fraction of sp³-hybridized carbons (Fsp3) is 0.500. The summed E-state index contributed by atoms with van der Waals surface area (Å²) >= 11 is 0. The van der Waals surface area contributed by atoms with Crippen molar-refractivity contribution in [1.82, 2.24) is 21.5 Å². The van der Waals surface area contributed by atoms with Crippen LogP contribution in [0.2, 0.25) is 0 Å². The van der Waals surface area contributed by atoms with Crippen molar-refractivity contribution in [2.75, 3.05) is 20.3 Å². The molecular formula is C16H21F4N5O2. The van der Waals surface area contributed by atoms with E-state index in [1.807, 2.05) is 0 Å². The van der Waals surface area contributed by atoms with E-state index in [9.17, 15) is 22.4 Å². The van der Waals surface area contributed by atoms with Gasteiger partial charge in [0.15, 0.2) is 0 Å². The summed E-state index contributed by atoms with van der Waals surface area (Å²) in [6.07, 6.45) is -4.86. The van der Waals surface area contributed by atoms with Gasteiger partial charge in [-0.15, -0.1) is 0 Å². The molecular weight excluding hydrogens is 370 g/mol. The van der Waals surface area contributed by atoms with Crippen LogP contribution in [0.1, 0.15) is 23.2 Å². The summed E-state index contributed by atoms with van der Waals surface area (Å²) in [4.78, 5) is 16.1. The fourth-order valence-corrected chi connectivity index (χ4v) is 2.33. The lowest BCUT2D eigenvalue weighted by Gasteiger charge is -2.17. The number of halogens is 4. The van der Waals surface area contributed by atoms with E-state index in [1.165, 1.54) is 19.2 Å². The van der Waals surface area contributed by atoms with Crippen LogP contribution in [0.3, 0.4) is 0 Å². The van der Waals surface area contributed by atoms with Crippen LogP contribution < -0.4 is 21.5 Å². The highest BCUT2D eigenvalue weighted by Crippen LogP contribution is 2.24. The van der Waals surface area contributed by atoms with Gasteiger partial charge in [-0.1, -0.05) is 0 Å². The Kier molecular flexibility index (Phi) is 7.51. The number of rotatable bonds is 6. The van der Waals surface area contributed by atoms with Gasteiger partial charge in [0, 0.05) is 32.2 Å². The highest BCUT2D eigenvalue weighted by molar-refractivity contribution is 6.02. The van der Waals surface area contributed by atoms with E-state index in [4.69, 9.17) is 4.74 Å². The van der Waals surface area contributed by atoms with E-state index >= 15 is 0 Å². The summed E-state index contributed by atoms with van der Waals surface area (Å²) in [7, 11) is 1.54. The second-order valence-corrected chi connectivity index (χ2v) is 5.86. The number of carbonyl (C=O) groups is 1. The normalized spacial score (nSPS) is 20.6. The van der Waals surface area contributed by atoms with Gasteiger partial charge in [0.25, 0.3) is 5.91 Å². The quantitative estimate of drug-likeness (QED) is 0.253. The zero-order valence-corrected chi connectivity index (χ0v) is 14.6. The molecule has 0 aliphatic carbocycles. The van der Waals surface area contributed by atoms with Crippen LogP contribution >= 0.6 is 0 Å². The van der Waals surface area contributed by atoms with Crippen molar-refractivity contribution >= 4 is 11.9 Å². The number of nitrogens with one attached hydrogen (secondary N) is 4. The molecule has 2 rings (SSSR count). The molecule has 7 nitrogen and oxygen atoms in total. The molecule has 11 heteroatoms. The number of hydrazine groups is 1. The minimum atomic E-state index is -4.39. The Hall–Kier alpha value is -2.24. The van der Waals surface area contributed by atoms with Crippen LogP contribution in [0.4, 0.5) is 17.6 Å². The average molecular weight is 391 g/mol. The minimum Gasteiger partial charge on any atom is -0.385 e. The van der Waals surface area contributed by atoms with Gasteiger partial charge in [-0.2, -0.15) is 18.2 Å². The van der Waals surface area contributed by atoms with E-state index in [2.05, 4.69) is 26.5 Å².